The maximum Gasteiger partial charge on any atom is 0.323 e. The monoisotopic (exact) mass is 1980 g/mol. The minimum atomic E-state index is -0.357. The van der Waals surface area contributed by atoms with Crippen LogP contribution in [0.25, 0.3) is 0 Å². The molecule has 15 heterocycles. The van der Waals surface area contributed by atoms with Gasteiger partial charge in [0.1, 0.15) is 44.0 Å². The number of hydrogen-bond donors (Lipinski definition) is 0. The second kappa shape index (κ2) is 64.3. The number of carbonyl (C=O) groups excluding carboxylic acids is 10. The molecule has 35 heteroatoms. The van der Waals surface area contributed by atoms with Crippen molar-refractivity contribution in [3.63, 3.8) is 0 Å². The summed E-state index contributed by atoms with van der Waals surface area (Å²) in [6.45, 7) is 42.7. The Hall–Kier alpha value is -5.90. The van der Waals surface area contributed by atoms with Crippen molar-refractivity contribution in [2.24, 2.45) is 0 Å². The van der Waals surface area contributed by atoms with E-state index in [4.69, 9.17) is 33.2 Å². The summed E-state index contributed by atoms with van der Waals surface area (Å²) in [5, 5.41) is 0. The Kier molecular flexibility index (Phi) is 53.3. The predicted molar refractivity (Wildman–Crippen MR) is 544 cm³/mol. The minimum Gasteiger partial charge on any atom is -0.466 e. The molecule has 15 saturated heterocycles. The average Bonchev–Trinajstić information content (AvgIpc) is 1.74. The maximum absolute atomic E-state index is 12.5. The first-order valence-electron chi connectivity index (χ1n) is 55.5. The number of likely N-dealkylation sites (tertiary alicyclic amines) is 12. The van der Waals surface area contributed by atoms with Gasteiger partial charge in [0.05, 0.1) is 52.4 Å². The molecule has 0 aliphatic carbocycles. The van der Waals surface area contributed by atoms with Crippen LogP contribution in [-0.4, -0.2) is 526 Å². The van der Waals surface area contributed by atoms with Crippen molar-refractivity contribution in [3.05, 3.63) is 0 Å². The summed E-state index contributed by atoms with van der Waals surface area (Å²) < 4.78 is 37.5. The molecule has 4 amide bonds. The van der Waals surface area contributed by atoms with Gasteiger partial charge >= 0.3 is 35.8 Å². The lowest BCUT2D eigenvalue weighted by molar-refractivity contribution is -0.151. The number of likely N-dealkylation sites (N-methyl/N-ethyl adjacent to an activating group) is 1. The molecule has 140 heavy (non-hydrogen) atoms. The molecule has 0 radical (unpaired) electrons. The van der Waals surface area contributed by atoms with Crippen molar-refractivity contribution < 1.29 is 81.1 Å². The van der Waals surface area contributed by atoms with Gasteiger partial charge in [-0.3, -0.25) is 82.2 Å². The van der Waals surface area contributed by atoms with Gasteiger partial charge in [-0.2, -0.15) is 0 Å². The van der Waals surface area contributed by atoms with Crippen molar-refractivity contribution in [2.45, 2.75) is 299 Å². The van der Waals surface area contributed by atoms with Gasteiger partial charge < -0.3 is 87.1 Å². The summed E-state index contributed by atoms with van der Waals surface area (Å²) in [7, 11) is 14.9. The summed E-state index contributed by atoms with van der Waals surface area (Å²) in [4.78, 5) is 162. The largest absolute Gasteiger partial charge is 0.466 e. The Morgan fingerprint density at radius 3 is 1.06 bits per heavy atom. The number of unbranched alkanes of at least 4 members (excludes halogenated alkanes) is 3. The number of esters is 6. The number of morpholine rings is 1. The van der Waals surface area contributed by atoms with Crippen LogP contribution >= 0.6 is 0 Å². The van der Waals surface area contributed by atoms with Gasteiger partial charge in [0.25, 0.3) is 0 Å². The van der Waals surface area contributed by atoms with Gasteiger partial charge in [-0.1, -0.05) is 33.1 Å². The number of hydrogen-bond acceptors (Lipinski definition) is 31. The van der Waals surface area contributed by atoms with Crippen molar-refractivity contribution >= 4 is 59.4 Å². The first-order valence-corrected chi connectivity index (χ1v) is 55.5. The zero-order valence-electron chi connectivity index (χ0n) is 88.8. The lowest BCUT2D eigenvalue weighted by atomic mass is 10.0. The SMILES string of the molecule is CCCCCCOC(=O)C1CCCN1C1CCN(C)CC1.CCOC(=O)C1CCCN1C1CCN(CC)CC1.CN(C)CCOC(=O)C1CCCN1C1CCN(C)CC1.CN1CCC(N2CCCC2C(=O)OCCN2CCOCC2)CC1.CN1CCC(N2CCN(C(=O)CCC(=O)OCCCN3CCCCC3=O)CC2)CC1.CN1CCC(N2CCN(C(=O)CCC(=O)OCCN3CCCC3=O)CC2)CC1. The highest BCUT2D eigenvalue weighted by molar-refractivity contribution is 5.83. The molecule has 0 saturated carbocycles. The Morgan fingerprint density at radius 2 is 0.671 bits per heavy atom. The van der Waals surface area contributed by atoms with Crippen LogP contribution in [0.3, 0.4) is 0 Å². The summed E-state index contributed by atoms with van der Waals surface area (Å²) >= 11 is 0. The molecule has 15 fully saturated rings. The standard InChI is InChI=1S/C22H38N4O4.C20H34N4O4.C17H31N3O3.C17H32N2O2.C15H29N3O2.C14H26N2O2/c1-23-12-8-19(9-13-23)24-14-16-26(17-15-24)21(28)6-7-22(29)30-18-4-11-25-10-3-2-5-20(25)27;1-21-9-6-17(7-10-21)22-11-13-24(14-12-22)19(26)4-5-20(27)28-16-15-23-8-2-3-18(23)25;1-18-7-4-15(5-8-18)20-6-2-3-16(20)17(21)23-14-11-19-9-12-22-13-10-19;1-3-4-5-6-14-21-17(20)16-8-7-11-19(16)15-9-12-18(2)13-10-15;1-16(2)11-12-20-15(19)14-5-4-8-18(14)13-6-9-17(3)10-7-13;1-3-15-10-7-12(8-11-15)16-9-5-6-13(16)14(17)18-4-2/h19H,2-18H2,1H3;17H,2-16H2,1H3;15-16H,2-14H2,1H3;15-16H,3-14H2,1-2H3;13-14H,4-12H2,1-3H3;12-13H,3-11H2,1-2H3. The molecule has 0 aromatic carbocycles. The van der Waals surface area contributed by atoms with Gasteiger partial charge in [-0.05, 0) is 328 Å². The first-order chi connectivity index (χ1) is 67.8. The predicted octanol–water partition coefficient (Wildman–Crippen LogP) is 6.36. The number of amides is 4. The number of piperazine rings is 2. The molecule has 15 rings (SSSR count). The molecule has 15 aliphatic rings. The van der Waals surface area contributed by atoms with Crippen LogP contribution in [0, 0.1) is 0 Å². The zero-order valence-corrected chi connectivity index (χ0v) is 88.8. The topological polar surface area (TPSA) is 294 Å². The molecular formula is C105H190N18O17. The van der Waals surface area contributed by atoms with Crippen LogP contribution in [0.5, 0.6) is 0 Å². The van der Waals surface area contributed by atoms with E-state index in [0.717, 1.165) is 280 Å². The maximum atomic E-state index is 12.5. The van der Waals surface area contributed by atoms with Crippen LogP contribution in [0.1, 0.15) is 239 Å². The molecule has 15 aliphatic heterocycles. The quantitative estimate of drug-likeness (QED) is 0.0374. The normalized spacial score (nSPS) is 25.2. The fourth-order valence-electron chi connectivity index (χ4n) is 23.1. The fourth-order valence-corrected chi connectivity index (χ4v) is 23.1. The van der Waals surface area contributed by atoms with E-state index in [1.807, 2.05) is 40.6 Å². The van der Waals surface area contributed by atoms with Gasteiger partial charge in [0.15, 0.2) is 0 Å². The summed E-state index contributed by atoms with van der Waals surface area (Å²) in [6, 6.07) is 3.66. The molecular weight excluding hydrogens is 1790 g/mol. The smallest absolute Gasteiger partial charge is 0.323 e. The highest BCUT2D eigenvalue weighted by Crippen LogP contribution is 2.33. The lowest BCUT2D eigenvalue weighted by Crippen LogP contribution is -2.54. The van der Waals surface area contributed by atoms with E-state index >= 15 is 0 Å². The molecule has 0 spiro atoms. The summed E-state index contributed by atoms with van der Waals surface area (Å²) in [5.74, 6) is -0.250. The zero-order chi connectivity index (χ0) is 99.9. The van der Waals surface area contributed by atoms with Crippen LogP contribution in [0.4, 0.5) is 0 Å². The second-order valence-electron chi connectivity index (χ2n) is 42.4. The number of ether oxygens (including phenoxy) is 7. The van der Waals surface area contributed by atoms with E-state index in [1.54, 1.807) is 4.90 Å². The van der Waals surface area contributed by atoms with Gasteiger partial charge in [-0.25, -0.2) is 0 Å². The summed E-state index contributed by atoms with van der Waals surface area (Å²) in [5.41, 5.74) is 0. The third-order valence-electron chi connectivity index (χ3n) is 32.2. The highest BCUT2D eigenvalue weighted by atomic mass is 16.6. The molecule has 0 aromatic rings. The molecule has 35 nitrogen and oxygen atoms in total. The molecule has 0 aromatic heterocycles. The molecule has 0 N–H and O–H groups in total. The third-order valence-corrected chi connectivity index (χ3v) is 32.2. The van der Waals surface area contributed by atoms with Gasteiger partial charge in [0, 0.05) is 160 Å². The van der Waals surface area contributed by atoms with E-state index in [9.17, 15) is 47.9 Å². The summed E-state index contributed by atoms with van der Waals surface area (Å²) in [6.07, 6.45) is 32.9. The van der Waals surface area contributed by atoms with Crippen LogP contribution < -0.4 is 0 Å². The van der Waals surface area contributed by atoms with E-state index in [1.165, 1.54) is 109 Å². The second-order valence-corrected chi connectivity index (χ2v) is 42.4. The number of nitrogens with zero attached hydrogens (tertiary/aromatic N) is 18. The van der Waals surface area contributed by atoms with Crippen molar-refractivity contribution in [1.29, 1.82) is 0 Å². The Morgan fingerprint density at radius 1 is 0.314 bits per heavy atom. The fraction of sp³-hybridized carbons (Fsp3) is 0.905. The van der Waals surface area contributed by atoms with E-state index < -0.39 is 0 Å². The Bertz CT molecular complexity index is 3570. The van der Waals surface area contributed by atoms with Crippen molar-refractivity contribution in [2.75, 3.05) is 318 Å². The van der Waals surface area contributed by atoms with E-state index in [0.29, 0.717) is 102 Å². The minimum absolute atomic E-state index is 0.00492. The highest BCUT2D eigenvalue weighted by Gasteiger charge is 2.43. The van der Waals surface area contributed by atoms with Crippen LogP contribution in [0.15, 0.2) is 0 Å². The van der Waals surface area contributed by atoms with Crippen molar-refractivity contribution in [3.8, 4) is 0 Å². The molecule has 4 atom stereocenters. The van der Waals surface area contributed by atoms with Gasteiger partial charge in [-0.15, -0.1) is 0 Å². The Labute approximate surface area is 842 Å². The average molecular weight is 1980 g/mol. The van der Waals surface area contributed by atoms with E-state index in [2.05, 4.69) is 113 Å². The number of rotatable bonds is 36. The van der Waals surface area contributed by atoms with E-state index in [-0.39, 0.29) is 116 Å². The number of piperidine rings is 7. The molecule has 0 bridgehead atoms. The third kappa shape index (κ3) is 40.0. The molecule has 802 valence electrons. The van der Waals surface area contributed by atoms with Crippen molar-refractivity contribution in [1.82, 2.24) is 88.2 Å². The lowest BCUT2D eigenvalue weighted by Gasteiger charge is -2.42. The van der Waals surface area contributed by atoms with Crippen LogP contribution in [-0.2, 0) is 81.1 Å². The number of carbonyl (C=O) groups is 10. The van der Waals surface area contributed by atoms with Gasteiger partial charge in [0.2, 0.25) is 23.6 Å². The van der Waals surface area contributed by atoms with Crippen LogP contribution in [0.2, 0.25) is 0 Å². The molecule has 4 unspecified atom stereocenters. The first kappa shape index (κ1) is 116. The Balaban J connectivity index is 0.000000174.